The highest BCUT2D eigenvalue weighted by Gasteiger charge is 2.53. The number of fused-ring (bicyclic) bond motifs is 1. The molecule has 2 aliphatic rings. The fourth-order valence-corrected chi connectivity index (χ4v) is 5.20. The molecule has 6 nitrogen and oxygen atoms in total. The molecule has 0 amide bonds. The van der Waals surface area contributed by atoms with Crippen LogP contribution in [0.4, 0.5) is 24.5 Å². The van der Waals surface area contributed by atoms with Gasteiger partial charge in [0, 0.05) is 35.9 Å². The Morgan fingerprint density at radius 1 is 1.06 bits per heavy atom. The van der Waals surface area contributed by atoms with Crippen molar-refractivity contribution in [2.24, 2.45) is 0 Å². The molecule has 10 heteroatoms. The molecule has 1 aliphatic carbocycles. The first-order chi connectivity index (χ1) is 15.1. The lowest BCUT2D eigenvalue weighted by molar-refractivity contribution is -0.0436. The zero-order valence-electron chi connectivity index (χ0n) is 17.0. The molecule has 2 aromatic carbocycles. The molecule has 1 saturated heterocycles. The number of rotatable bonds is 4. The zero-order valence-corrected chi connectivity index (χ0v) is 17.8. The van der Waals surface area contributed by atoms with Gasteiger partial charge in [-0.05, 0) is 54.8 Å². The minimum absolute atomic E-state index is 0.0205. The average molecular weight is 462 g/mol. The van der Waals surface area contributed by atoms with E-state index in [0.29, 0.717) is 24.6 Å². The third kappa shape index (κ3) is 3.38. The Bertz CT molecular complexity index is 1290. The summed E-state index contributed by atoms with van der Waals surface area (Å²) in [6.07, 6.45) is 3.83. The van der Waals surface area contributed by atoms with Crippen molar-refractivity contribution in [3.63, 3.8) is 0 Å². The maximum atomic E-state index is 12.8. The Labute approximate surface area is 183 Å². The summed E-state index contributed by atoms with van der Waals surface area (Å²) in [5, 5.41) is 1.00. The zero-order chi connectivity index (χ0) is 22.7. The fourth-order valence-electron chi connectivity index (χ4n) is 4.44. The molecule has 2 fully saturated rings. The van der Waals surface area contributed by atoms with Crippen molar-refractivity contribution in [3.05, 3.63) is 60.3 Å². The summed E-state index contributed by atoms with van der Waals surface area (Å²) in [7, 11) is -5.35. The maximum Gasteiger partial charge on any atom is 0.501 e. The number of pyridine rings is 1. The van der Waals surface area contributed by atoms with Gasteiger partial charge in [0.15, 0.2) is 0 Å². The third-order valence-electron chi connectivity index (χ3n) is 6.40. The summed E-state index contributed by atoms with van der Waals surface area (Å²) in [6, 6.07) is 12.7. The van der Waals surface area contributed by atoms with Crippen LogP contribution in [-0.4, -0.2) is 42.6 Å². The number of nitrogens with two attached hydrogens (primary N) is 1. The SMILES string of the molecule is Nc1cccc2c(CN3CN(c4ccc(S(=O)(=O)C(F)(F)F)cc4)CC34CC4)ccnc12. The van der Waals surface area contributed by atoms with Gasteiger partial charge in [0.25, 0.3) is 9.84 Å². The molecule has 1 aromatic heterocycles. The number of benzene rings is 2. The Morgan fingerprint density at radius 3 is 2.44 bits per heavy atom. The van der Waals surface area contributed by atoms with Gasteiger partial charge < -0.3 is 10.6 Å². The molecule has 0 radical (unpaired) electrons. The van der Waals surface area contributed by atoms with E-state index in [9.17, 15) is 21.6 Å². The normalized spacial score (nSPS) is 18.5. The molecule has 3 aromatic rings. The van der Waals surface area contributed by atoms with E-state index in [1.54, 1.807) is 6.20 Å². The minimum Gasteiger partial charge on any atom is -0.397 e. The summed E-state index contributed by atoms with van der Waals surface area (Å²) in [5.41, 5.74) is 3.99. The summed E-state index contributed by atoms with van der Waals surface area (Å²) < 4.78 is 61.7. The third-order valence-corrected chi connectivity index (χ3v) is 7.90. The summed E-state index contributed by atoms with van der Waals surface area (Å²) >= 11 is 0. The van der Waals surface area contributed by atoms with Gasteiger partial charge in [-0.2, -0.15) is 13.2 Å². The van der Waals surface area contributed by atoms with Crippen molar-refractivity contribution < 1.29 is 21.6 Å². The van der Waals surface area contributed by atoms with Crippen LogP contribution in [0.1, 0.15) is 18.4 Å². The smallest absolute Gasteiger partial charge is 0.397 e. The predicted molar refractivity (Wildman–Crippen MR) is 116 cm³/mol. The lowest BCUT2D eigenvalue weighted by Crippen LogP contribution is -2.32. The molecule has 1 saturated carbocycles. The van der Waals surface area contributed by atoms with Gasteiger partial charge in [0.05, 0.1) is 22.8 Å². The predicted octanol–water partition coefficient (Wildman–Crippen LogP) is 3.92. The van der Waals surface area contributed by atoms with Crippen LogP contribution in [0.5, 0.6) is 0 Å². The first-order valence-corrected chi connectivity index (χ1v) is 11.6. The molecule has 168 valence electrons. The van der Waals surface area contributed by atoms with Crippen molar-refractivity contribution in [2.75, 3.05) is 23.8 Å². The van der Waals surface area contributed by atoms with Crippen LogP contribution in [0.25, 0.3) is 10.9 Å². The van der Waals surface area contributed by atoms with Gasteiger partial charge in [-0.3, -0.25) is 9.88 Å². The van der Waals surface area contributed by atoms with Gasteiger partial charge in [-0.15, -0.1) is 0 Å². The molecule has 2 heterocycles. The number of halogens is 3. The molecule has 0 bridgehead atoms. The number of anilines is 2. The van der Waals surface area contributed by atoms with Crippen LogP contribution in [-0.2, 0) is 16.4 Å². The van der Waals surface area contributed by atoms with Crippen LogP contribution >= 0.6 is 0 Å². The molecular weight excluding hydrogens is 441 g/mol. The molecule has 1 aliphatic heterocycles. The van der Waals surface area contributed by atoms with Gasteiger partial charge in [-0.1, -0.05) is 12.1 Å². The number of nitrogens with zero attached hydrogens (tertiary/aromatic N) is 3. The van der Waals surface area contributed by atoms with E-state index in [2.05, 4.69) is 14.8 Å². The Hall–Kier alpha value is -2.85. The molecule has 5 rings (SSSR count). The van der Waals surface area contributed by atoms with Crippen molar-refractivity contribution in [2.45, 2.75) is 35.3 Å². The van der Waals surface area contributed by atoms with E-state index in [1.165, 1.54) is 12.1 Å². The Morgan fingerprint density at radius 2 is 1.78 bits per heavy atom. The number of hydrogen-bond donors (Lipinski definition) is 1. The average Bonchev–Trinajstić information content (AvgIpc) is 3.44. The Kier molecular flexibility index (Phi) is 4.65. The van der Waals surface area contributed by atoms with E-state index < -0.39 is 20.2 Å². The second-order valence-electron chi connectivity index (χ2n) is 8.42. The van der Waals surface area contributed by atoms with E-state index in [0.717, 1.165) is 48.0 Å². The topological polar surface area (TPSA) is 79.5 Å². The fraction of sp³-hybridized carbons (Fsp3) is 0.318. The minimum atomic E-state index is -5.35. The van der Waals surface area contributed by atoms with Crippen LogP contribution in [0, 0.1) is 0 Å². The molecular formula is C22H21F3N4O2S. The van der Waals surface area contributed by atoms with E-state index in [1.807, 2.05) is 24.3 Å². The quantitative estimate of drug-likeness (QED) is 0.592. The van der Waals surface area contributed by atoms with Crippen LogP contribution in [0.3, 0.4) is 0 Å². The van der Waals surface area contributed by atoms with Crippen molar-refractivity contribution in [1.29, 1.82) is 0 Å². The number of alkyl halides is 3. The molecule has 0 unspecified atom stereocenters. The van der Waals surface area contributed by atoms with Gasteiger partial charge in [-0.25, -0.2) is 8.42 Å². The lowest BCUT2D eigenvalue weighted by atomic mass is 10.1. The molecule has 32 heavy (non-hydrogen) atoms. The highest BCUT2D eigenvalue weighted by Crippen LogP contribution is 2.48. The number of aromatic nitrogens is 1. The number of para-hydroxylation sites is 1. The highest BCUT2D eigenvalue weighted by molar-refractivity contribution is 7.92. The van der Waals surface area contributed by atoms with Gasteiger partial charge >= 0.3 is 5.51 Å². The van der Waals surface area contributed by atoms with Crippen LogP contribution in [0.2, 0.25) is 0 Å². The summed E-state index contributed by atoms with van der Waals surface area (Å²) in [4.78, 5) is 8.09. The maximum absolute atomic E-state index is 12.8. The van der Waals surface area contributed by atoms with Crippen LogP contribution in [0.15, 0.2) is 59.6 Å². The number of sulfone groups is 1. The van der Waals surface area contributed by atoms with E-state index in [4.69, 9.17) is 5.73 Å². The van der Waals surface area contributed by atoms with Crippen molar-refractivity contribution in [1.82, 2.24) is 9.88 Å². The second-order valence-corrected chi connectivity index (χ2v) is 10.4. The summed E-state index contributed by atoms with van der Waals surface area (Å²) in [6.45, 7) is 2.03. The molecule has 0 atom stereocenters. The first kappa shape index (κ1) is 21.0. The van der Waals surface area contributed by atoms with Crippen molar-refractivity contribution in [3.8, 4) is 0 Å². The standard InChI is InChI=1S/C22H21F3N4O2S/c23-22(24,25)32(30,31)17-6-4-16(5-7-17)28-13-21(9-10-21)29(14-28)12-15-8-11-27-20-18(15)2-1-3-19(20)26/h1-8,11H,9-10,12-14,26H2. The van der Waals surface area contributed by atoms with Gasteiger partial charge in [0.1, 0.15) is 0 Å². The number of nitrogen functional groups attached to an aromatic ring is 1. The van der Waals surface area contributed by atoms with E-state index in [-0.39, 0.29) is 5.54 Å². The van der Waals surface area contributed by atoms with Crippen LogP contribution < -0.4 is 10.6 Å². The van der Waals surface area contributed by atoms with E-state index >= 15 is 0 Å². The summed E-state index contributed by atoms with van der Waals surface area (Å²) in [5.74, 6) is 0. The number of hydrogen-bond acceptors (Lipinski definition) is 6. The highest BCUT2D eigenvalue weighted by atomic mass is 32.2. The lowest BCUT2D eigenvalue weighted by Gasteiger charge is -2.23. The first-order valence-electron chi connectivity index (χ1n) is 10.1. The van der Waals surface area contributed by atoms with Crippen molar-refractivity contribution >= 4 is 32.1 Å². The Balaban J connectivity index is 1.39. The molecule has 2 N–H and O–H groups in total. The largest absolute Gasteiger partial charge is 0.501 e. The monoisotopic (exact) mass is 462 g/mol. The second kappa shape index (κ2) is 7.08. The molecule has 1 spiro atoms. The van der Waals surface area contributed by atoms with Gasteiger partial charge in [0.2, 0.25) is 0 Å².